The molecule has 15 heavy (non-hydrogen) atoms. The summed E-state index contributed by atoms with van der Waals surface area (Å²) in [6.45, 7) is 5.36. The number of benzene rings is 1. The molecule has 1 aromatic rings. The van der Waals surface area contributed by atoms with E-state index < -0.39 is 10.1 Å². The van der Waals surface area contributed by atoms with Gasteiger partial charge in [-0.15, -0.1) is 0 Å². The lowest BCUT2D eigenvalue weighted by Gasteiger charge is -2.10. The van der Waals surface area contributed by atoms with Crippen molar-refractivity contribution in [3.63, 3.8) is 0 Å². The molecule has 4 nitrogen and oxygen atoms in total. The van der Waals surface area contributed by atoms with Gasteiger partial charge in [0.25, 0.3) is 10.1 Å². The van der Waals surface area contributed by atoms with Gasteiger partial charge in [0.05, 0.1) is 4.90 Å². The first-order valence-electron chi connectivity index (χ1n) is 4.30. The fourth-order valence-corrected chi connectivity index (χ4v) is 1.43. The predicted octanol–water partition coefficient (Wildman–Crippen LogP) is 1.89. The van der Waals surface area contributed by atoms with Crippen LogP contribution in [0.1, 0.15) is 6.92 Å². The SMILES string of the molecule is C=CC(C)Oc1ccc(S(=O)(=O)O)cc1. The average molecular weight is 228 g/mol. The Morgan fingerprint density at radius 2 is 1.93 bits per heavy atom. The van der Waals surface area contributed by atoms with Crippen LogP contribution < -0.4 is 4.74 Å². The van der Waals surface area contributed by atoms with E-state index in [-0.39, 0.29) is 11.0 Å². The molecular weight excluding hydrogens is 216 g/mol. The zero-order valence-electron chi connectivity index (χ0n) is 8.25. The maximum atomic E-state index is 10.7. The normalized spacial score (nSPS) is 13.2. The summed E-state index contributed by atoms with van der Waals surface area (Å²) in [5, 5.41) is 0. The van der Waals surface area contributed by atoms with Gasteiger partial charge in [-0.25, -0.2) is 0 Å². The maximum absolute atomic E-state index is 10.7. The first kappa shape index (κ1) is 11.7. The summed E-state index contributed by atoms with van der Waals surface area (Å²) >= 11 is 0. The van der Waals surface area contributed by atoms with Gasteiger partial charge in [-0.2, -0.15) is 8.42 Å². The van der Waals surface area contributed by atoms with Crippen LogP contribution in [0.2, 0.25) is 0 Å². The van der Waals surface area contributed by atoms with Crippen LogP contribution in [0.4, 0.5) is 0 Å². The molecule has 0 saturated carbocycles. The fraction of sp³-hybridized carbons (Fsp3) is 0.200. The lowest BCUT2D eigenvalue weighted by Crippen LogP contribution is -2.07. The van der Waals surface area contributed by atoms with E-state index >= 15 is 0 Å². The van der Waals surface area contributed by atoms with Crippen LogP contribution in [0.15, 0.2) is 41.8 Å². The summed E-state index contributed by atoms with van der Waals surface area (Å²) in [5.74, 6) is 0.523. The quantitative estimate of drug-likeness (QED) is 0.631. The summed E-state index contributed by atoms with van der Waals surface area (Å²) < 4.78 is 35.5. The van der Waals surface area contributed by atoms with Gasteiger partial charge >= 0.3 is 0 Å². The number of rotatable bonds is 4. The monoisotopic (exact) mass is 228 g/mol. The minimum Gasteiger partial charge on any atom is -0.487 e. The van der Waals surface area contributed by atoms with Crippen molar-refractivity contribution in [1.29, 1.82) is 0 Å². The third kappa shape index (κ3) is 3.38. The smallest absolute Gasteiger partial charge is 0.294 e. The number of hydrogen-bond donors (Lipinski definition) is 1. The van der Waals surface area contributed by atoms with Crippen molar-refractivity contribution in [2.24, 2.45) is 0 Å². The summed E-state index contributed by atoms with van der Waals surface area (Å²) in [7, 11) is -4.13. The van der Waals surface area contributed by atoms with Gasteiger partial charge in [-0.1, -0.05) is 12.7 Å². The highest BCUT2D eigenvalue weighted by molar-refractivity contribution is 7.85. The Labute approximate surface area is 88.9 Å². The van der Waals surface area contributed by atoms with E-state index in [4.69, 9.17) is 9.29 Å². The van der Waals surface area contributed by atoms with Gasteiger partial charge in [-0.3, -0.25) is 4.55 Å². The number of hydrogen-bond acceptors (Lipinski definition) is 3. The molecule has 1 unspecified atom stereocenters. The first-order chi connectivity index (χ1) is 6.93. The van der Waals surface area contributed by atoms with Crippen LogP contribution >= 0.6 is 0 Å². The van der Waals surface area contributed by atoms with Gasteiger partial charge in [0.15, 0.2) is 0 Å². The molecule has 0 aliphatic heterocycles. The lowest BCUT2D eigenvalue weighted by atomic mass is 10.3. The third-order valence-corrected chi connectivity index (χ3v) is 2.64. The lowest BCUT2D eigenvalue weighted by molar-refractivity contribution is 0.270. The zero-order valence-corrected chi connectivity index (χ0v) is 9.07. The molecule has 0 amide bonds. The highest BCUT2D eigenvalue weighted by Crippen LogP contribution is 2.16. The van der Waals surface area contributed by atoms with E-state index in [2.05, 4.69) is 6.58 Å². The molecule has 1 N–H and O–H groups in total. The Morgan fingerprint density at radius 1 is 1.40 bits per heavy atom. The molecule has 1 aromatic carbocycles. The summed E-state index contributed by atoms with van der Waals surface area (Å²) in [6, 6.07) is 5.51. The predicted molar refractivity (Wildman–Crippen MR) is 56.5 cm³/mol. The van der Waals surface area contributed by atoms with Crippen molar-refractivity contribution in [2.75, 3.05) is 0 Å². The molecule has 0 bridgehead atoms. The molecule has 0 aliphatic carbocycles. The second-order valence-corrected chi connectivity index (χ2v) is 4.43. The molecule has 0 spiro atoms. The molecule has 0 radical (unpaired) electrons. The van der Waals surface area contributed by atoms with Crippen LogP contribution in [-0.2, 0) is 10.1 Å². The van der Waals surface area contributed by atoms with Gasteiger partial charge in [0.2, 0.25) is 0 Å². The molecular formula is C10H12O4S. The van der Waals surface area contributed by atoms with Crippen LogP contribution in [0, 0.1) is 0 Å². The zero-order chi connectivity index (χ0) is 11.5. The molecule has 0 fully saturated rings. The van der Waals surface area contributed by atoms with Crippen molar-refractivity contribution in [2.45, 2.75) is 17.9 Å². The summed E-state index contributed by atoms with van der Waals surface area (Å²) in [5.41, 5.74) is 0. The second kappa shape index (κ2) is 4.46. The highest BCUT2D eigenvalue weighted by atomic mass is 32.2. The Hall–Kier alpha value is -1.33. The van der Waals surface area contributed by atoms with Gasteiger partial charge < -0.3 is 4.74 Å². The van der Waals surface area contributed by atoms with E-state index in [0.717, 1.165) is 0 Å². The molecule has 0 heterocycles. The summed E-state index contributed by atoms with van der Waals surface area (Å²) in [6.07, 6.45) is 1.47. The average Bonchev–Trinajstić information content (AvgIpc) is 2.17. The van der Waals surface area contributed by atoms with Gasteiger partial charge in [0.1, 0.15) is 11.9 Å². The van der Waals surface area contributed by atoms with Crippen molar-refractivity contribution < 1.29 is 17.7 Å². The fourth-order valence-electron chi connectivity index (χ4n) is 0.953. The minimum atomic E-state index is -4.13. The van der Waals surface area contributed by atoms with Crippen LogP contribution in [0.5, 0.6) is 5.75 Å². The molecule has 0 aromatic heterocycles. The topological polar surface area (TPSA) is 63.6 Å². The van der Waals surface area contributed by atoms with E-state index in [1.165, 1.54) is 24.3 Å². The Kier molecular flexibility index (Phi) is 3.49. The Morgan fingerprint density at radius 3 is 2.33 bits per heavy atom. The van der Waals surface area contributed by atoms with Crippen LogP contribution in [0.3, 0.4) is 0 Å². The maximum Gasteiger partial charge on any atom is 0.294 e. The van der Waals surface area contributed by atoms with E-state index in [1.807, 2.05) is 6.92 Å². The minimum absolute atomic E-state index is 0.151. The molecule has 0 saturated heterocycles. The third-order valence-electron chi connectivity index (χ3n) is 1.78. The van der Waals surface area contributed by atoms with Crippen molar-refractivity contribution in [1.82, 2.24) is 0 Å². The van der Waals surface area contributed by atoms with Crippen LogP contribution in [0.25, 0.3) is 0 Å². The summed E-state index contributed by atoms with van der Waals surface area (Å²) in [4.78, 5) is -0.152. The first-order valence-corrected chi connectivity index (χ1v) is 5.74. The molecule has 1 atom stereocenters. The molecule has 82 valence electrons. The van der Waals surface area contributed by atoms with Crippen molar-refractivity contribution in [3.05, 3.63) is 36.9 Å². The van der Waals surface area contributed by atoms with Crippen LogP contribution in [-0.4, -0.2) is 19.1 Å². The van der Waals surface area contributed by atoms with E-state index in [0.29, 0.717) is 5.75 Å². The molecule has 0 aliphatic rings. The van der Waals surface area contributed by atoms with E-state index in [1.54, 1.807) is 6.08 Å². The second-order valence-electron chi connectivity index (χ2n) is 3.01. The Bertz CT molecular complexity index is 433. The van der Waals surface area contributed by atoms with Crippen molar-refractivity contribution in [3.8, 4) is 5.75 Å². The number of ether oxygens (including phenoxy) is 1. The molecule has 1 rings (SSSR count). The molecule has 5 heteroatoms. The van der Waals surface area contributed by atoms with Crippen molar-refractivity contribution >= 4 is 10.1 Å². The highest BCUT2D eigenvalue weighted by Gasteiger charge is 2.08. The van der Waals surface area contributed by atoms with Gasteiger partial charge in [0, 0.05) is 0 Å². The van der Waals surface area contributed by atoms with E-state index in [9.17, 15) is 8.42 Å². The largest absolute Gasteiger partial charge is 0.487 e. The standard InChI is InChI=1S/C10H12O4S/c1-3-8(2)14-9-4-6-10(7-5-9)15(11,12)13/h3-8H,1H2,2H3,(H,11,12,13). The Balaban J connectivity index is 2.86. The van der Waals surface area contributed by atoms with Gasteiger partial charge in [-0.05, 0) is 31.2 Å².